The number of rotatable bonds is 6. The fraction of sp³-hybridized carbons (Fsp3) is 0.533. The molecule has 1 fully saturated rings. The Morgan fingerprint density at radius 3 is 2.79 bits per heavy atom. The minimum absolute atomic E-state index is 0.0598. The molecule has 104 valence electrons. The molecular formula is C15H21NO3. The fourth-order valence-electron chi connectivity index (χ4n) is 2.63. The van der Waals surface area contributed by atoms with Gasteiger partial charge in [0.2, 0.25) is 5.91 Å². The number of ether oxygens (including phenoxy) is 1. The molecule has 4 heteroatoms. The van der Waals surface area contributed by atoms with Gasteiger partial charge in [0.15, 0.2) is 0 Å². The van der Waals surface area contributed by atoms with Gasteiger partial charge in [-0.25, -0.2) is 0 Å². The van der Waals surface area contributed by atoms with Gasteiger partial charge in [-0.3, -0.25) is 4.79 Å². The van der Waals surface area contributed by atoms with E-state index in [1.807, 2.05) is 29.2 Å². The zero-order valence-corrected chi connectivity index (χ0v) is 11.3. The van der Waals surface area contributed by atoms with E-state index in [0.717, 1.165) is 24.1 Å². The lowest BCUT2D eigenvalue weighted by Crippen LogP contribution is -2.28. The standard InChI is InChI=1S/C15H21NO3/c1-19-7-6-16-10-12(9-15(16)18)8-13-4-2-3-5-14(13)11-17/h2-5,12,17H,6-11H2,1H3/t12-/m1/s1. The number of hydrogen-bond donors (Lipinski definition) is 1. The molecule has 1 atom stereocenters. The van der Waals surface area contributed by atoms with E-state index in [0.29, 0.717) is 25.5 Å². The summed E-state index contributed by atoms with van der Waals surface area (Å²) in [4.78, 5) is 13.7. The van der Waals surface area contributed by atoms with Crippen LogP contribution in [0.25, 0.3) is 0 Å². The maximum absolute atomic E-state index is 11.9. The Morgan fingerprint density at radius 2 is 2.11 bits per heavy atom. The third-order valence-corrected chi connectivity index (χ3v) is 3.66. The monoisotopic (exact) mass is 263 g/mol. The molecule has 1 heterocycles. The minimum Gasteiger partial charge on any atom is -0.392 e. The molecule has 1 N–H and O–H groups in total. The van der Waals surface area contributed by atoms with Gasteiger partial charge in [0.05, 0.1) is 13.2 Å². The molecule has 0 saturated carbocycles. The van der Waals surface area contributed by atoms with E-state index in [1.165, 1.54) is 0 Å². The van der Waals surface area contributed by atoms with Crippen LogP contribution < -0.4 is 0 Å². The number of nitrogens with zero attached hydrogens (tertiary/aromatic N) is 1. The number of carbonyl (C=O) groups excluding carboxylic acids is 1. The summed E-state index contributed by atoms with van der Waals surface area (Å²) in [6, 6.07) is 7.89. The van der Waals surface area contributed by atoms with Gasteiger partial charge in [0, 0.05) is 26.6 Å². The molecule has 1 aliphatic rings. The second kappa shape index (κ2) is 6.68. The van der Waals surface area contributed by atoms with E-state index >= 15 is 0 Å². The van der Waals surface area contributed by atoms with Crippen molar-refractivity contribution in [2.45, 2.75) is 19.4 Å². The average molecular weight is 263 g/mol. The van der Waals surface area contributed by atoms with Crippen LogP contribution in [0.2, 0.25) is 0 Å². The van der Waals surface area contributed by atoms with E-state index in [1.54, 1.807) is 7.11 Å². The molecule has 19 heavy (non-hydrogen) atoms. The lowest BCUT2D eigenvalue weighted by atomic mass is 9.95. The third kappa shape index (κ3) is 3.55. The highest BCUT2D eigenvalue weighted by atomic mass is 16.5. The predicted molar refractivity (Wildman–Crippen MR) is 72.6 cm³/mol. The molecule has 1 aromatic rings. The van der Waals surface area contributed by atoms with Crippen molar-refractivity contribution in [2.75, 3.05) is 26.8 Å². The zero-order chi connectivity index (χ0) is 13.7. The predicted octanol–water partition coefficient (Wildman–Crippen LogP) is 1.22. The summed E-state index contributed by atoms with van der Waals surface area (Å²) < 4.78 is 5.02. The summed E-state index contributed by atoms with van der Waals surface area (Å²) in [5.74, 6) is 0.556. The molecule has 0 aliphatic carbocycles. The Hall–Kier alpha value is -1.39. The number of carbonyl (C=O) groups is 1. The van der Waals surface area contributed by atoms with Crippen LogP contribution in [0.1, 0.15) is 17.5 Å². The van der Waals surface area contributed by atoms with Crippen LogP contribution in [-0.2, 0) is 22.6 Å². The van der Waals surface area contributed by atoms with Crippen LogP contribution in [0.5, 0.6) is 0 Å². The van der Waals surface area contributed by atoms with Crippen molar-refractivity contribution in [1.29, 1.82) is 0 Å². The van der Waals surface area contributed by atoms with E-state index in [9.17, 15) is 9.90 Å². The summed E-state index contributed by atoms with van der Waals surface area (Å²) in [7, 11) is 1.65. The maximum atomic E-state index is 11.9. The molecular weight excluding hydrogens is 242 g/mol. The van der Waals surface area contributed by atoms with Crippen molar-refractivity contribution in [3.05, 3.63) is 35.4 Å². The maximum Gasteiger partial charge on any atom is 0.223 e. The lowest BCUT2D eigenvalue weighted by Gasteiger charge is -2.16. The quantitative estimate of drug-likeness (QED) is 0.839. The Bertz CT molecular complexity index is 433. The van der Waals surface area contributed by atoms with Gasteiger partial charge in [-0.05, 0) is 23.5 Å². The largest absolute Gasteiger partial charge is 0.392 e. The van der Waals surface area contributed by atoms with Crippen molar-refractivity contribution in [3.8, 4) is 0 Å². The Morgan fingerprint density at radius 1 is 1.37 bits per heavy atom. The van der Waals surface area contributed by atoms with Crippen molar-refractivity contribution in [3.63, 3.8) is 0 Å². The smallest absolute Gasteiger partial charge is 0.223 e. The van der Waals surface area contributed by atoms with Gasteiger partial charge in [0.1, 0.15) is 0 Å². The van der Waals surface area contributed by atoms with Gasteiger partial charge >= 0.3 is 0 Å². The van der Waals surface area contributed by atoms with E-state index < -0.39 is 0 Å². The Kier molecular flexibility index (Phi) is 4.93. The first-order valence-electron chi connectivity index (χ1n) is 6.69. The Labute approximate surface area is 114 Å². The summed E-state index contributed by atoms with van der Waals surface area (Å²) >= 11 is 0. The van der Waals surface area contributed by atoms with Gasteiger partial charge < -0.3 is 14.7 Å². The van der Waals surface area contributed by atoms with Gasteiger partial charge in [-0.15, -0.1) is 0 Å². The first-order chi connectivity index (χ1) is 9.24. The van der Waals surface area contributed by atoms with Crippen LogP contribution in [0.4, 0.5) is 0 Å². The highest BCUT2D eigenvalue weighted by Crippen LogP contribution is 2.23. The molecule has 2 rings (SSSR count). The van der Waals surface area contributed by atoms with E-state index in [-0.39, 0.29) is 12.5 Å². The fourth-order valence-corrected chi connectivity index (χ4v) is 2.63. The molecule has 1 aliphatic heterocycles. The van der Waals surface area contributed by atoms with Crippen LogP contribution >= 0.6 is 0 Å². The minimum atomic E-state index is 0.0598. The summed E-state index contributed by atoms with van der Waals surface area (Å²) in [6.07, 6.45) is 1.45. The van der Waals surface area contributed by atoms with Crippen LogP contribution in [0, 0.1) is 5.92 Å². The number of likely N-dealkylation sites (tertiary alicyclic amines) is 1. The van der Waals surface area contributed by atoms with Crippen molar-refractivity contribution in [1.82, 2.24) is 4.90 Å². The molecule has 4 nitrogen and oxygen atoms in total. The second-order valence-electron chi connectivity index (χ2n) is 5.03. The first-order valence-corrected chi connectivity index (χ1v) is 6.69. The van der Waals surface area contributed by atoms with Gasteiger partial charge in [-0.2, -0.15) is 0 Å². The van der Waals surface area contributed by atoms with E-state index in [4.69, 9.17) is 4.74 Å². The van der Waals surface area contributed by atoms with Crippen molar-refractivity contribution >= 4 is 5.91 Å². The number of hydrogen-bond acceptors (Lipinski definition) is 3. The molecule has 1 amide bonds. The molecule has 1 aromatic carbocycles. The molecule has 1 saturated heterocycles. The van der Waals surface area contributed by atoms with Crippen molar-refractivity contribution in [2.24, 2.45) is 5.92 Å². The van der Waals surface area contributed by atoms with E-state index in [2.05, 4.69) is 0 Å². The topological polar surface area (TPSA) is 49.8 Å². The summed E-state index contributed by atoms with van der Waals surface area (Å²) in [6.45, 7) is 2.12. The molecule has 0 radical (unpaired) electrons. The average Bonchev–Trinajstić information content (AvgIpc) is 2.77. The zero-order valence-electron chi connectivity index (χ0n) is 11.3. The van der Waals surface area contributed by atoms with Crippen molar-refractivity contribution < 1.29 is 14.6 Å². The molecule has 0 aromatic heterocycles. The normalized spacial score (nSPS) is 19.2. The lowest BCUT2D eigenvalue weighted by molar-refractivity contribution is -0.128. The van der Waals surface area contributed by atoms with Crippen LogP contribution in [0.15, 0.2) is 24.3 Å². The molecule has 0 bridgehead atoms. The first kappa shape index (κ1) is 14.0. The third-order valence-electron chi connectivity index (χ3n) is 3.66. The SMILES string of the molecule is COCCN1C[C@H](Cc2ccccc2CO)CC1=O. The second-order valence-corrected chi connectivity index (χ2v) is 5.03. The van der Waals surface area contributed by atoms with Gasteiger partial charge in [0.25, 0.3) is 0 Å². The number of methoxy groups -OCH3 is 1. The van der Waals surface area contributed by atoms with Crippen LogP contribution in [-0.4, -0.2) is 42.7 Å². The highest BCUT2D eigenvalue weighted by Gasteiger charge is 2.29. The summed E-state index contributed by atoms with van der Waals surface area (Å²) in [5.41, 5.74) is 2.11. The number of aliphatic hydroxyl groups excluding tert-OH is 1. The number of benzene rings is 1. The van der Waals surface area contributed by atoms with Gasteiger partial charge in [-0.1, -0.05) is 24.3 Å². The highest BCUT2D eigenvalue weighted by molar-refractivity contribution is 5.78. The summed E-state index contributed by atoms with van der Waals surface area (Å²) in [5, 5.41) is 9.32. The number of aliphatic hydroxyl groups is 1. The molecule has 0 spiro atoms. The number of amides is 1. The van der Waals surface area contributed by atoms with Crippen LogP contribution in [0.3, 0.4) is 0 Å². The Balaban J connectivity index is 1.95. The molecule has 0 unspecified atom stereocenters.